The van der Waals surface area contributed by atoms with Crippen LogP contribution in [-0.2, 0) is 14.3 Å². The van der Waals surface area contributed by atoms with E-state index in [-0.39, 0.29) is 23.3 Å². The van der Waals surface area contributed by atoms with Crippen LogP contribution in [0.2, 0.25) is 0 Å². The van der Waals surface area contributed by atoms with Crippen LogP contribution in [0.25, 0.3) is 0 Å². The van der Waals surface area contributed by atoms with E-state index in [0.29, 0.717) is 39.9 Å². The van der Waals surface area contributed by atoms with E-state index in [1.165, 1.54) is 30.2 Å². The second-order valence-electron chi connectivity index (χ2n) is 7.39. The highest BCUT2D eigenvalue weighted by atomic mass is 32.2. The van der Waals surface area contributed by atoms with Gasteiger partial charge in [0.1, 0.15) is 5.82 Å². The zero-order valence-electron chi connectivity index (χ0n) is 17.6. The highest BCUT2D eigenvalue weighted by Gasteiger charge is 2.41. The quantitative estimate of drug-likeness (QED) is 0.520. The Morgan fingerprint density at radius 1 is 1.38 bits per heavy atom. The molecule has 1 atom stereocenters. The van der Waals surface area contributed by atoms with Crippen molar-refractivity contribution in [3.05, 3.63) is 58.1 Å². The van der Waals surface area contributed by atoms with E-state index < -0.39 is 5.92 Å². The number of hydrogen-bond donors (Lipinski definition) is 1. The van der Waals surface area contributed by atoms with Gasteiger partial charge in [-0.05, 0) is 30.9 Å². The Morgan fingerprint density at radius 3 is 2.88 bits per heavy atom. The summed E-state index contributed by atoms with van der Waals surface area (Å²) >= 11 is 2.47. The number of esters is 1. The van der Waals surface area contributed by atoms with Crippen LogP contribution in [-0.4, -0.2) is 34.8 Å². The first-order valence-corrected chi connectivity index (χ1v) is 11.8. The topological polar surface area (TPSA) is 122 Å². The second-order valence-corrected chi connectivity index (χ2v) is 9.57. The average Bonchev–Trinajstić information content (AvgIpc) is 3.25. The predicted molar refractivity (Wildman–Crippen MR) is 122 cm³/mol. The molecule has 1 aromatic heterocycles. The van der Waals surface area contributed by atoms with Gasteiger partial charge in [0, 0.05) is 17.7 Å². The molecule has 32 heavy (non-hydrogen) atoms. The number of benzene rings is 1. The molecule has 4 rings (SSSR count). The zero-order valence-corrected chi connectivity index (χ0v) is 19.3. The maximum Gasteiger partial charge on any atom is 0.316 e. The van der Waals surface area contributed by atoms with E-state index in [1.54, 1.807) is 4.90 Å². The Bertz CT molecular complexity index is 1190. The number of nitrogens with zero attached hydrogens (tertiary/aromatic N) is 4. The van der Waals surface area contributed by atoms with Crippen molar-refractivity contribution in [2.24, 2.45) is 5.73 Å². The molecule has 2 aromatic rings. The van der Waals surface area contributed by atoms with Gasteiger partial charge in [0.25, 0.3) is 0 Å². The van der Waals surface area contributed by atoms with Gasteiger partial charge < -0.3 is 10.5 Å². The van der Waals surface area contributed by atoms with Gasteiger partial charge in [0.05, 0.1) is 30.4 Å². The molecule has 0 spiro atoms. The number of Topliss-reactive ketones (excluding diaryl/α,β-unsaturated/α-hetero) is 1. The molecule has 1 aromatic carbocycles. The number of anilines is 1. The Morgan fingerprint density at radius 2 is 2.16 bits per heavy atom. The SMILES string of the molecule is COC(=O)CSc1nnc(N2C(N)=C(C#N)C(c3ccccc3C)C3=C2CCCC3=O)s1. The van der Waals surface area contributed by atoms with E-state index in [1.807, 2.05) is 31.2 Å². The normalized spacial score (nSPS) is 18.5. The molecule has 10 heteroatoms. The van der Waals surface area contributed by atoms with Crippen molar-refractivity contribution in [1.82, 2.24) is 10.2 Å². The predicted octanol–water partition coefficient (Wildman–Crippen LogP) is 3.42. The summed E-state index contributed by atoms with van der Waals surface area (Å²) in [7, 11) is 1.33. The van der Waals surface area contributed by atoms with E-state index in [2.05, 4.69) is 21.0 Å². The van der Waals surface area contributed by atoms with Gasteiger partial charge in [-0.3, -0.25) is 14.5 Å². The van der Waals surface area contributed by atoms with Crippen LogP contribution in [0.4, 0.5) is 5.13 Å². The number of rotatable bonds is 5. The van der Waals surface area contributed by atoms with Crippen molar-refractivity contribution in [1.29, 1.82) is 5.26 Å². The number of carbonyl (C=O) groups excluding carboxylic acids is 2. The Balaban J connectivity index is 1.82. The summed E-state index contributed by atoms with van der Waals surface area (Å²) in [6.45, 7) is 1.97. The maximum absolute atomic E-state index is 13.1. The average molecular weight is 468 g/mol. The number of allylic oxidation sites excluding steroid dienone is 3. The number of nitriles is 1. The molecule has 0 amide bonds. The molecule has 0 fully saturated rings. The first-order valence-electron chi connectivity index (χ1n) is 10.0. The highest BCUT2D eigenvalue weighted by molar-refractivity contribution is 8.01. The van der Waals surface area contributed by atoms with Crippen LogP contribution < -0.4 is 10.6 Å². The van der Waals surface area contributed by atoms with Crippen LogP contribution in [0.5, 0.6) is 0 Å². The summed E-state index contributed by atoms with van der Waals surface area (Å²) in [5.41, 5.74) is 10.1. The van der Waals surface area contributed by atoms with Gasteiger partial charge in [-0.25, -0.2) is 0 Å². The molecule has 8 nitrogen and oxygen atoms in total. The molecule has 0 saturated carbocycles. The molecular weight excluding hydrogens is 446 g/mol. The number of thioether (sulfide) groups is 1. The third kappa shape index (κ3) is 3.89. The minimum Gasteiger partial charge on any atom is -0.468 e. The third-order valence-corrected chi connectivity index (χ3v) is 7.56. The molecule has 1 unspecified atom stereocenters. The van der Waals surface area contributed by atoms with E-state index >= 15 is 0 Å². The molecule has 0 saturated heterocycles. The fraction of sp³-hybridized carbons (Fsp3) is 0.318. The van der Waals surface area contributed by atoms with Crippen molar-refractivity contribution in [2.45, 2.75) is 36.4 Å². The highest BCUT2D eigenvalue weighted by Crippen LogP contribution is 2.47. The molecule has 1 aliphatic heterocycles. The summed E-state index contributed by atoms with van der Waals surface area (Å²) < 4.78 is 5.24. The summed E-state index contributed by atoms with van der Waals surface area (Å²) in [5.74, 6) is -0.465. The van der Waals surface area contributed by atoms with Crippen LogP contribution in [0.3, 0.4) is 0 Å². The van der Waals surface area contributed by atoms with Gasteiger partial charge >= 0.3 is 5.97 Å². The van der Waals surface area contributed by atoms with Gasteiger partial charge in [-0.15, -0.1) is 10.2 Å². The number of ketones is 1. The number of methoxy groups -OCH3 is 1. The largest absolute Gasteiger partial charge is 0.468 e. The van der Waals surface area contributed by atoms with Gasteiger partial charge in [0.2, 0.25) is 5.13 Å². The van der Waals surface area contributed by atoms with Crippen molar-refractivity contribution >= 4 is 40.0 Å². The van der Waals surface area contributed by atoms with Crippen LogP contribution in [0, 0.1) is 18.3 Å². The lowest BCUT2D eigenvalue weighted by molar-refractivity contribution is -0.137. The summed E-state index contributed by atoms with van der Waals surface area (Å²) in [6, 6.07) is 10.0. The fourth-order valence-electron chi connectivity index (χ4n) is 4.06. The number of aromatic nitrogens is 2. The van der Waals surface area contributed by atoms with Crippen LogP contribution in [0.15, 0.2) is 51.3 Å². The summed E-state index contributed by atoms with van der Waals surface area (Å²) in [5, 5.41) is 18.9. The Labute approximate surface area is 193 Å². The zero-order chi connectivity index (χ0) is 22.8. The monoisotopic (exact) mass is 467 g/mol. The van der Waals surface area contributed by atoms with Crippen molar-refractivity contribution in [2.75, 3.05) is 17.8 Å². The van der Waals surface area contributed by atoms with E-state index in [9.17, 15) is 14.9 Å². The minimum atomic E-state index is -0.499. The lowest BCUT2D eigenvalue weighted by Crippen LogP contribution is -2.38. The molecule has 1 aliphatic carbocycles. The van der Waals surface area contributed by atoms with Crippen LogP contribution >= 0.6 is 23.1 Å². The van der Waals surface area contributed by atoms with E-state index in [4.69, 9.17) is 5.73 Å². The van der Waals surface area contributed by atoms with Gasteiger partial charge in [-0.2, -0.15) is 5.26 Å². The Kier molecular flexibility index (Phi) is 6.30. The molecule has 0 bridgehead atoms. The number of carbonyl (C=O) groups is 2. The molecule has 164 valence electrons. The first-order chi connectivity index (χ1) is 15.5. The minimum absolute atomic E-state index is 0.0227. The Hall–Kier alpha value is -3.16. The first kappa shape index (κ1) is 22.0. The second kappa shape index (κ2) is 9.14. The summed E-state index contributed by atoms with van der Waals surface area (Å²) in [6.07, 6.45) is 1.78. The molecule has 0 radical (unpaired) electrons. The lowest BCUT2D eigenvalue weighted by Gasteiger charge is -2.38. The van der Waals surface area contributed by atoms with Gasteiger partial charge in [0.15, 0.2) is 10.1 Å². The maximum atomic E-state index is 13.1. The van der Waals surface area contributed by atoms with Crippen LogP contribution in [0.1, 0.15) is 36.3 Å². The molecule has 2 aliphatic rings. The smallest absolute Gasteiger partial charge is 0.316 e. The number of aryl methyl sites for hydroxylation is 1. The van der Waals surface area contributed by atoms with Crippen molar-refractivity contribution < 1.29 is 14.3 Å². The number of ether oxygens (including phenoxy) is 1. The van der Waals surface area contributed by atoms with Crippen molar-refractivity contribution in [3.63, 3.8) is 0 Å². The molecular formula is C22H21N5O3S2. The lowest BCUT2D eigenvalue weighted by atomic mass is 9.75. The third-order valence-electron chi connectivity index (χ3n) is 5.54. The summed E-state index contributed by atoms with van der Waals surface area (Å²) in [4.78, 5) is 26.3. The van der Waals surface area contributed by atoms with E-state index in [0.717, 1.165) is 16.8 Å². The molecule has 2 heterocycles. The fourth-order valence-corrected chi connectivity index (χ4v) is 5.77. The standard InChI is InChI=1S/C22H21N5O3S2/c1-12-6-3-4-7-13(12)18-14(10-23)20(24)27(15-8-5-9-16(28)19(15)18)21-25-26-22(32-21)31-11-17(29)30-2/h3-4,6-7,18H,5,8-9,11,24H2,1-2H3. The molecule has 2 N–H and O–H groups in total. The van der Waals surface area contributed by atoms with Gasteiger partial charge in [-0.1, -0.05) is 47.4 Å². The number of nitrogens with two attached hydrogens (primary N) is 1. The number of hydrogen-bond acceptors (Lipinski definition) is 10. The van der Waals surface area contributed by atoms with Crippen molar-refractivity contribution in [3.8, 4) is 6.07 Å².